The molecule has 1 heterocycles. The maximum Gasteiger partial charge on any atom is 0.171 e. The average molecular weight is 215 g/mol. The zero-order valence-corrected chi connectivity index (χ0v) is 9.73. The molecule has 0 amide bonds. The summed E-state index contributed by atoms with van der Waals surface area (Å²) in [5.74, 6) is 0. The van der Waals surface area contributed by atoms with Gasteiger partial charge in [0.1, 0.15) is 6.10 Å². The van der Waals surface area contributed by atoms with Crippen LogP contribution < -0.4 is 5.32 Å². The Balaban J connectivity index is 2.20. The third kappa shape index (κ3) is 4.20. The Labute approximate surface area is 91.6 Å². The van der Waals surface area contributed by atoms with Gasteiger partial charge in [0.05, 0.1) is 12.3 Å². The van der Waals surface area contributed by atoms with Crippen molar-refractivity contribution < 1.29 is 14.2 Å². The van der Waals surface area contributed by atoms with Crippen molar-refractivity contribution in [1.29, 1.82) is 0 Å². The summed E-state index contributed by atoms with van der Waals surface area (Å²) in [5.41, 5.74) is 0. The molecule has 0 bridgehead atoms. The van der Waals surface area contributed by atoms with Crippen molar-refractivity contribution >= 4 is 0 Å². The predicted molar refractivity (Wildman–Crippen MR) is 58.5 cm³/mol. The maximum absolute atomic E-state index is 5.45. The first-order valence-electron chi connectivity index (χ1n) is 5.37. The number of hydrogen-bond acceptors (Lipinski definition) is 4. The lowest BCUT2D eigenvalue weighted by atomic mass is 10.1. The Kier molecular flexibility index (Phi) is 5.68. The van der Waals surface area contributed by atoms with Crippen molar-refractivity contribution in [2.45, 2.75) is 38.2 Å². The molecular formula is C11H21NO3. The molecule has 0 saturated carbocycles. The molecule has 0 aromatic heterocycles. The van der Waals surface area contributed by atoms with E-state index in [2.05, 4.69) is 5.32 Å². The molecule has 2 atom stereocenters. The molecule has 4 heteroatoms. The summed E-state index contributed by atoms with van der Waals surface area (Å²) in [6, 6.07) is 0.162. The van der Waals surface area contributed by atoms with Gasteiger partial charge in [0, 0.05) is 20.8 Å². The van der Waals surface area contributed by atoms with Gasteiger partial charge in [-0.05, 0) is 25.8 Å². The quantitative estimate of drug-likeness (QED) is 0.677. The van der Waals surface area contributed by atoms with E-state index in [0.29, 0.717) is 0 Å². The van der Waals surface area contributed by atoms with Gasteiger partial charge < -0.3 is 19.5 Å². The SMILES string of the molecule is COC(OC)C(C)NCC1CCC=CO1. The Hall–Kier alpha value is -0.580. The molecule has 1 aliphatic heterocycles. The van der Waals surface area contributed by atoms with Crippen molar-refractivity contribution in [2.24, 2.45) is 0 Å². The first kappa shape index (κ1) is 12.5. The molecule has 0 aromatic carbocycles. The van der Waals surface area contributed by atoms with Crippen LogP contribution in [-0.4, -0.2) is 39.2 Å². The van der Waals surface area contributed by atoms with E-state index in [9.17, 15) is 0 Å². The van der Waals surface area contributed by atoms with Crippen LogP contribution in [-0.2, 0) is 14.2 Å². The van der Waals surface area contributed by atoms with Crippen LogP contribution in [0.5, 0.6) is 0 Å². The highest BCUT2D eigenvalue weighted by Gasteiger charge is 2.18. The lowest BCUT2D eigenvalue weighted by molar-refractivity contribution is -0.120. The van der Waals surface area contributed by atoms with Gasteiger partial charge in [-0.2, -0.15) is 0 Å². The molecule has 2 unspecified atom stereocenters. The van der Waals surface area contributed by atoms with E-state index in [-0.39, 0.29) is 18.4 Å². The van der Waals surface area contributed by atoms with Crippen LogP contribution in [0.25, 0.3) is 0 Å². The number of ether oxygens (including phenoxy) is 3. The van der Waals surface area contributed by atoms with Gasteiger partial charge in [-0.25, -0.2) is 0 Å². The standard InChI is InChI=1S/C11H21NO3/c1-9(11(13-2)14-3)12-8-10-6-4-5-7-15-10/h5,7,9-12H,4,6,8H2,1-3H3. The van der Waals surface area contributed by atoms with Gasteiger partial charge in [0.15, 0.2) is 6.29 Å². The lowest BCUT2D eigenvalue weighted by Gasteiger charge is -2.25. The van der Waals surface area contributed by atoms with E-state index >= 15 is 0 Å². The van der Waals surface area contributed by atoms with E-state index in [1.807, 2.05) is 13.0 Å². The molecule has 0 aliphatic carbocycles. The smallest absolute Gasteiger partial charge is 0.171 e. The minimum atomic E-state index is -0.205. The van der Waals surface area contributed by atoms with Crippen LogP contribution in [0.4, 0.5) is 0 Å². The zero-order valence-electron chi connectivity index (χ0n) is 9.73. The number of hydrogen-bond donors (Lipinski definition) is 1. The highest BCUT2D eigenvalue weighted by atomic mass is 16.7. The highest BCUT2D eigenvalue weighted by molar-refractivity contribution is 4.83. The van der Waals surface area contributed by atoms with Crippen molar-refractivity contribution in [1.82, 2.24) is 5.32 Å². The Morgan fingerprint density at radius 3 is 2.73 bits per heavy atom. The fourth-order valence-corrected chi connectivity index (χ4v) is 1.65. The first-order chi connectivity index (χ1) is 7.27. The van der Waals surface area contributed by atoms with Crippen LogP contribution >= 0.6 is 0 Å². The minimum Gasteiger partial charge on any atom is -0.497 e. The Morgan fingerprint density at radius 1 is 1.47 bits per heavy atom. The number of methoxy groups -OCH3 is 2. The second kappa shape index (κ2) is 6.82. The van der Waals surface area contributed by atoms with Gasteiger partial charge in [0.2, 0.25) is 0 Å². The molecule has 88 valence electrons. The Morgan fingerprint density at radius 2 is 2.20 bits per heavy atom. The molecule has 15 heavy (non-hydrogen) atoms. The van der Waals surface area contributed by atoms with Gasteiger partial charge in [-0.3, -0.25) is 0 Å². The second-order valence-electron chi connectivity index (χ2n) is 3.74. The van der Waals surface area contributed by atoms with Crippen molar-refractivity contribution in [3.63, 3.8) is 0 Å². The van der Waals surface area contributed by atoms with Crippen LogP contribution in [0.1, 0.15) is 19.8 Å². The monoisotopic (exact) mass is 215 g/mol. The third-order valence-electron chi connectivity index (χ3n) is 2.56. The summed E-state index contributed by atoms with van der Waals surface area (Å²) in [6.07, 6.45) is 6.06. The Bertz CT molecular complexity index is 192. The van der Waals surface area contributed by atoms with Gasteiger partial charge in [0.25, 0.3) is 0 Å². The molecule has 4 nitrogen and oxygen atoms in total. The van der Waals surface area contributed by atoms with Gasteiger partial charge in [-0.15, -0.1) is 0 Å². The van der Waals surface area contributed by atoms with E-state index in [1.165, 1.54) is 0 Å². The molecular weight excluding hydrogens is 194 g/mol. The largest absolute Gasteiger partial charge is 0.497 e. The highest BCUT2D eigenvalue weighted by Crippen LogP contribution is 2.09. The predicted octanol–water partition coefficient (Wildman–Crippen LogP) is 1.28. The molecule has 0 radical (unpaired) electrons. The normalized spacial score (nSPS) is 22.8. The molecule has 1 rings (SSSR count). The number of nitrogens with one attached hydrogen (secondary N) is 1. The molecule has 0 fully saturated rings. The van der Waals surface area contributed by atoms with Crippen LogP contribution in [0.3, 0.4) is 0 Å². The summed E-state index contributed by atoms with van der Waals surface area (Å²) in [5, 5.41) is 3.35. The zero-order chi connectivity index (χ0) is 11.1. The van der Waals surface area contributed by atoms with Crippen molar-refractivity contribution in [3.05, 3.63) is 12.3 Å². The van der Waals surface area contributed by atoms with Crippen molar-refractivity contribution in [3.8, 4) is 0 Å². The van der Waals surface area contributed by atoms with Crippen LogP contribution in [0, 0.1) is 0 Å². The maximum atomic E-state index is 5.45. The minimum absolute atomic E-state index is 0.162. The summed E-state index contributed by atoms with van der Waals surface area (Å²) in [6.45, 7) is 2.87. The molecule has 0 spiro atoms. The molecule has 0 saturated heterocycles. The van der Waals surface area contributed by atoms with E-state index in [1.54, 1.807) is 20.5 Å². The van der Waals surface area contributed by atoms with Crippen LogP contribution in [0.2, 0.25) is 0 Å². The summed E-state index contributed by atoms with van der Waals surface area (Å²) in [7, 11) is 3.29. The summed E-state index contributed by atoms with van der Waals surface area (Å²) in [4.78, 5) is 0. The lowest BCUT2D eigenvalue weighted by Crippen LogP contribution is -2.43. The second-order valence-corrected chi connectivity index (χ2v) is 3.74. The average Bonchev–Trinajstić information content (AvgIpc) is 2.29. The number of rotatable bonds is 6. The van der Waals surface area contributed by atoms with Crippen molar-refractivity contribution in [2.75, 3.05) is 20.8 Å². The topological polar surface area (TPSA) is 39.7 Å². The number of allylic oxidation sites excluding steroid dienone is 1. The first-order valence-corrected chi connectivity index (χ1v) is 5.37. The molecule has 1 N–H and O–H groups in total. The molecule has 0 aromatic rings. The fraction of sp³-hybridized carbons (Fsp3) is 0.818. The molecule has 1 aliphatic rings. The van der Waals surface area contributed by atoms with Crippen LogP contribution in [0.15, 0.2) is 12.3 Å². The van der Waals surface area contributed by atoms with E-state index in [0.717, 1.165) is 19.4 Å². The van der Waals surface area contributed by atoms with E-state index in [4.69, 9.17) is 14.2 Å². The van der Waals surface area contributed by atoms with Gasteiger partial charge in [-0.1, -0.05) is 0 Å². The fourth-order valence-electron chi connectivity index (χ4n) is 1.65. The van der Waals surface area contributed by atoms with Gasteiger partial charge >= 0.3 is 0 Å². The third-order valence-corrected chi connectivity index (χ3v) is 2.56. The summed E-state index contributed by atoms with van der Waals surface area (Å²) >= 11 is 0. The summed E-state index contributed by atoms with van der Waals surface area (Å²) < 4.78 is 15.8. The van der Waals surface area contributed by atoms with E-state index < -0.39 is 0 Å².